The lowest BCUT2D eigenvalue weighted by Gasteiger charge is -2.35. The van der Waals surface area contributed by atoms with Crippen molar-refractivity contribution in [1.82, 2.24) is 14.5 Å². The number of aryl methyl sites for hydroxylation is 1. The zero-order valence-electron chi connectivity index (χ0n) is 19.5. The Morgan fingerprint density at radius 2 is 1.61 bits per heavy atom. The maximum atomic E-state index is 12.9. The van der Waals surface area contributed by atoms with Crippen LogP contribution in [-0.4, -0.2) is 62.7 Å². The minimum absolute atomic E-state index is 0.0882. The number of nitrogens with zero attached hydrogens (tertiary/aromatic N) is 2. The van der Waals surface area contributed by atoms with Crippen molar-refractivity contribution >= 4 is 15.8 Å². The third kappa shape index (κ3) is 5.90. The summed E-state index contributed by atoms with van der Waals surface area (Å²) in [6, 6.07) is 15.4. The predicted molar refractivity (Wildman–Crippen MR) is 131 cm³/mol. The first-order valence-electron chi connectivity index (χ1n) is 12.1. The molecule has 2 heterocycles. The molecular formula is C26H35N3O3S. The quantitative estimate of drug-likeness (QED) is 0.566. The summed E-state index contributed by atoms with van der Waals surface area (Å²) in [6.45, 7) is 6.21. The summed E-state index contributed by atoms with van der Waals surface area (Å²) in [7, 11) is -3.53. The lowest BCUT2D eigenvalue weighted by molar-refractivity contribution is 0.0983. The smallest absolute Gasteiger partial charge is 0.243 e. The molecule has 2 aromatic carbocycles. The van der Waals surface area contributed by atoms with Gasteiger partial charge < -0.3 is 5.32 Å². The van der Waals surface area contributed by atoms with Crippen molar-refractivity contribution < 1.29 is 13.2 Å². The van der Waals surface area contributed by atoms with Gasteiger partial charge in [0.05, 0.1) is 11.4 Å². The molecule has 2 fully saturated rings. The van der Waals surface area contributed by atoms with E-state index in [0.717, 1.165) is 25.9 Å². The minimum Gasteiger partial charge on any atom is -0.308 e. The number of likely N-dealkylation sites (tertiary alicyclic amines) is 1. The number of ketones is 1. The summed E-state index contributed by atoms with van der Waals surface area (Å²) in [5.41, 5.74) is 2.94. The van der Waals surface area contributed by atoms with Crippen LogP contribution in [0.3, 0.4) is 0 Å². The Balaban J connectivity index is 1.41. The van der Waals surface area contributed by atoms with Gasteiger partial charge in [-0.15, -0.1) is 0 Å². The lowest BCUT2D eigenvalue weighted by Crippen LogP contribution is -2.40. The molecule has 4 rings (SSSR count). The number of carbonyl (C=O) groups excluding carboxylic acids is 1. The second kappa shape index (κ2) is 10.9. The number of nitrogens with one attached hydrogen (secondary N) is 1. The number of Topliss-reactive ketones (excluding diaryl/α,β-unsaturated/α-hetero) is 1. The second-order valence-corrected chi connectivity index (χ2v) is 11.2. The van der Waals surface area contributed by atoms with Crippen LogP contribution >= 0.6 is 0 Å². The second-order valence-electron chi connectivity index (χ2n) is 9.22. The van der Waals surface area contributed by atoms with Gasteiger partial charge in [-0.3, -0.25) is 9.69 Å². The van der Waals surface area contributed by atoms with Crippen LogP contribution in [0.4, 0.5) is 0 Å². The normalized spacial score (nSPS) is 18.9. The predicted octanol–water partition coefficient (Wildman–Crippen LogP) is 3.78. The van der Waals surface area contributed by atoms with Crippen molar-refractivity contribution in [1.29, 1.82) is 0 Å². The largest absolute Gasteiger partial charge is 0.308 e. The maximum Gasteiger partial charge on any atom is 0.243 e. The summed E-state index contributed by atoms with van der Waals surface area (Å²) in [5, 5.41) is 3.36. The molecule has 33 heavy (non-hydrogen) atoms. The molecule has 0 bridgehead atoms. The zero-order valence-corrected chi connectivity index (χ0v) is 20.3. The molecule has 0 spiro atoms. The Labute approximate surface area is 198 Å². The van der Waals surface area contributed by atoms with Gasteiger partial charge in [-0.1, -0.05) is 48.4 Å². The van der Waals surface area contributed by atoms with Gasteiger partial charge >= 0.3 is 0 Å². The number of hydrogen-bond donors (Lipinski definition) is 1. The van der Waals surface area contributed by atoms with E-state index in [1.807, 2.05) is 0 Å². The highest BCUT2D eigenvalue weighted by molar-refractivity contribution is 7.89. The highest BCUT2D eigenvalue weighted by atomic mass is 32.2. The van der Waals surface area contributed by atoms with Gasteiger partial charge in [0.1, 0.15) is 0 Å². The highest BCUT2D eigenvalue weighted by Gasteiger charge is 2.28. The topological polar surface area (TPSA) is 69.7 Å². The molecule has 7 heteroatoms. The van der Waals surface area contributed by atoms with Gasteiger partial charge in [-0.2, -0.15) is 4.31 Å². The molecule has 0 amide bonds. The molecule has 1 atom stereocenters. The van der Waals surface area contributed by atoms with Crippen LogP contribution in [0.25, 0.3) is 0 Å². The van der Waals surface area contributed by atoms with Gasteiger partial charge in [0.2, 0.25) is 10.0 Å². The molecule has 0 radical (unpaired) electrons. The van der Waals surface area contributed by atoms with Crippen LogP contribution in [-0.2, 0) is 10.0 Å². The average molecular weight is 470 g/mol. The molecule has 6 nitrogen and oxygen atoms in total. The number of sulfonamides is 1. The third-order valence-corrected chi connectivity index (χ3v) is 8.67. The first-order valence-corrected chi connectivity index (χ1v) is 13.5. The van der Waals surface area contributed by atoms with Crippen molar-refractivity contribution in [3.63, 3.8) is 0 Å². The van der Waals surface area contributed by atoms with E-state index < -0.39 is 10.0 Å². The molecule has 2 saturated heterocycles. The van der Waals surface area contributed by atoms with Gasteiger partial charge in [-0.25, -0.2) is 8.42 Å². The third-order valence-electron chi connectivity index (χ3n) is 6.78. The Morgan fingerprint density at radius 1 is 0.939 bits per heavy atom. The Bertz CT molecular complexity index is 1040. The number of piperidine rings is 1. The fraction of sp³-hybridized carbons (Fsp3) is 0.500. The average Bonchev–Trinajstić information content (AvgIpc) is 3.39. The minimum atomic E-state index is -3.53. The van der Waals surface area contributed by atoms with Gasteiger partial charge in [-0.05, 0) is 63.4 Å². The zero-order chi connectivity index (χ0) is 23.3. The van der Waals surface area contributed by atoms with E-state index in [4.69, 9.17) is 0 Å². The fourth-order valence-corrected chi connectivity index (χ4v) is 6.37. The summed E-state index contributed by atoms with van der Waals surface area (Å²) < 4.78 is 27.2. The molecule has 2 aromatic rings. The molecule has 2 aliphatic rings. The molecular weight excluding hydrogens is 434 g/mol. The van der Waals surface area contributed by atoms with Gasteiger partial charge in [0, 0.05) is 31.2 Å². The van der Waals surface area contributed by atoms with E-state index in [9.17, 15) is 13.2 Å². The van der Waals surface area contributed by atoms with Crippen molar-refractivity contribution in [3.8, 4) is 0 Å². The van der Waals surface area contributed by atoms with Crippen molar-refractivity contribution in [3.05, 3.63) is 65.2 Å². The van der Waals surface area contributed by atoms with Crippen LogP contribution in [0, 0.1) is 6.92 Å². The number of hydrogen-bond acceptors (Lipinski definition) is 5. The van der Waals surface area contributed by atoms with E-state index in [2.05, 4.69) is 41.4 Å². The monoisotopic (exact) mass is 469 g/mol. The van der Waals surface area contributed by atoms with Crippen LogP contribution in [0.15, 0.2) is 53.4 Å². The molecule has 0 aromatic heterocycles. The van der Waals surface area contributed by atoms with Crippen LogP contribution in [0.2, 0.25) is 0 Å². The lowest BCUT2D eigenvalue weighted by atomic mass is 10.0. The summed E-state index contributed by atoms with van der Waals surface area (Å²) in [6.07, 6.45) is 5.47. The van der Waals surface area contributed by atoms with Gasteiger partial charge in [0.15, 0.2) is 5.78 Å². The van der Waals surface area contributed by atoms with Crippen molar-refractivity contribution in [2.45, 2.75) is 50.0 Å². The Hall–Kier alpha value is -2.06. The van der Waals surface area contributed by atoms with E-state index in [-0.39, 0.29) is 23.3 Å². The van der Waals surface area contributed by atoms with Crippen molar-refractivity contribution in [2.24, 2.45) is 0 Å². The Kier molecular flexibility index (Phi) is 7.96. The fourth-order valence-electron chi connectivity index (χ4n) is 4.81. The van der Waals surface area contributed by atoms with E-state index >= 15 is 0 Å². The molecule has 0 saturated carbocycles. The van der Waals surface area contributed by atoms with Crippen LogP contribution < -0.4 is 5.32 Å². The molecule has 1 unspecified atom stereocenters. The summed E-state index contributed by atoms with van der Waals surface area (Å²) >= 11 is 0. The van der Waals surface area contributed by atoms with Crippen LogP contribution in [0.5, 0.6) is 0 Å². The number of benzene rings is 2. The molecule has 0 aliphatic carbocycles. The van der Waals surface area contributed by atoms with E-state index in [1.165, 1.54) is 40.8 Å². The van der Waals surface area contributed by atoms with E-state index in [1.54, 1.807) is 18.2 Å². The number of carbonyl (C=O) groups is 1. The van der Waals surface area contributed by atoms with Crippen molar-refractivity contribution in [2.75, 3.05) is 39.3 Å². The van der Waals surface area contributed by atoms with Gasteiger partial charge in [0.25, 0.3) is 0 Å². The van der Waals surface area contributed by atoms with Crippen LogP contribution in [0.1, 0.15) is 59.6 Å². The maximum absolute atomic E-state index is 12.9. The standard InChI is InChI=1S/C26H35N3O3S/c1-21-10-12-22(13-11-21)25(28-14-3-2-4-15-28)19-27-20-26(30)23-8-7-9-24(18-23)33(31,32)29-16-5-6-17-29/h7-13,18,25,27H,2-6,14-17,19-20H2,1H3. The summed E-state index contributed by atoms with van der Waals surface area (Å²) in [5.74, 6) is -0.0882. The first kappa shape index (κ1) is 24.1. The summed E-state index contributed by atoms with van der Waals surface area (Å²) in [4.78, 5) is 15.6. The first-order chi connectivity index (χ1) is 15.9. The van der Waals surface area contributed by atoms with E-state index in [0.29, 0.717) is 25.2 Å². The SMILES string of the molecule is Cc1ccc(C(CNCC(=O)c2cccc(S(=O)(=O)N3CCCC3)c2)N2CCCCC2)cc1. The molecule has 1 N–H and O–H groups in total. The molecule has 2 aliphatic heterocycles. The highest BCUT2D eigenvalue weighted by Crippen LogP contribution is 2.25. The molecule has 178 valence electrons. The number of rotatable bonds is 9. The Morgan fingerprint density at radius 3 is 2.30 bits per heavy atom.